The zero-order valence-electron chi connectivity index (χ0n) is 11.0. The highest BCUT2D eigenvalue weighted by atomic mass is 35.5. The van der Waals surface area contributed by atoms with E-state index >= 15 is 0 Å². The molecule has 1 saturated carbocycles. The van der Waals surface area contributed by atoms with Crippen LogP contribution < -0.4 is 16.2 Å². The van der Waals surface area contributed by atoms with Crippen molar-refractivity contribution in [1.29, 1.82) is 0 Å². The largest absolute Gasteiger partial charge is 0.455 e. The highest BCUT2D eigenvalue weighted by Crippen LogP contribution is 2.31. The monoisotopic (exact) mass is 323 g/mol. The summed E-state index contributed by atoms with van der Waals surface area (Å²) in [5, 5.41) is 7.62. The molecule has 1 amide bonds. The molecule has 1 fully saturated rings. The first-order chi connectivity index (χ1) is 8.79. The van der Waals surface area contributed by atoms with Gasteiger partial charge in [0.15, 0.2) is 5.76 Å². The van der Waals surface area contributed by atoms with E-state index in [0.29, 0.717) is 12.5 Å². The van der Waals surface area contributed by atoms with E-state index < -0.39 is 15.9 Å². The van der Waals surface area contributed by atoms with Crippen LogP contribution in [0.4, 0.5) is 0 Å². The lowest BCUT2D eigenvalue weighted by molar-refractivity contribution is 0.0921. The molecule has 20 heavy (non-hydrogen) atoms. The van der Waals surface area contributed by atoms with E-state index in [0.717, 1.165) is 18.9 Å². The number of hydrogen-bond acceptors (Lipinski definition) is 5. The molecule has 0 aliphatic heterocycles. The fourth-order valence-electron chi connectivity index (χ4n) is 1.85. The molecule has 9 heteroatoms. The van der Waals surface area contributed by atoms with Crippen LogP contribution in [0, 0.1) is 12.8 Å². The number of nitrogens with two attached hydrogens (primary N) is 2. The van der Waals surface area contributed by atoms with E-state index in [1.807, 2.05) is 0 Å². The summed E-state index contributed by atoms with van der Waals surface area (Å²) in [7, 11) is -3.88. The van der Waals surface area contributed by atoms with Gasteiger partial charge in [0, 0.05) is 18.7 Å². The first kappa shape index (κ1) is 17.0. The molecular weight excluding hydrogens is 306 g/mol. The Kier molecular flexibility index (Phi) is 5.20. The zero-order valence-corrected chi connectivity index (χ0v) is 12.6. The number of primary sulfonamides is 1. The highest BCUT2D eigenvalue weighted by molar-refractivity contribution is 7.89. The van der Waals surface area contributed by atoms with Crippen LogP contribution >= 0.6 is 12.4 Å². The summed E-state index contributed by atoms with van der Waals surface area (Å²) >= 11 is 0. The first-order valence-corrected chi connectivity index (χ1v) is 7.50. The predicted octanol–water partition coefficient (Wildman–Crippen LogP) is 0.124. The van der Waals surface area contributed by atoms with Gasteiger partial charge in [0.1, 0.15) is 10.7 Å². The Hall–Kier alpha value is -1.09. The summed E-state index contributed by atoms with van der Waals surface area (Å²) in [4.78, 5) is 11.6. The van der Waals surface area contributed by atoms with Crippen molar-refractivity contribution < 1.29 is 17.6 Å². The molecule has 1 aliphatic rings. The lowest BCUT2D eigenvalue weighted by atomic mass is 10.2. The van der Waals surface area contributed by atoms with E-state index in [1.165, 1.54) is 6.92 Å². The quantitative estimate of drug-likeness (QED) is 0.709. The number of sulfonamides is 1. The van der Waals surface area contributed by atoms with Gasteiger partial charge in [-0.05, 0) is 25.7 Å². The van der Waals surface area contributed by atoms with Gasteiger partial charge in [-0.3, -0.25) is 4.79 Å². The van der Waals surface area contributed by atoms with Crippen LogP contribution in [0.5, 0.6) is 0 Å². The number of carbonyl (C=O) groups is 1. The van der Waals surface area contributed by atoms with E-state index in [9.17, 15) is 13.2 Å². The Morgan fingerprint density at radius 3 is 2.60 bits per heavy atom. The van der Waals surface area contributed by atoms with Gasteiger partial charge in [-0.15, -0.1) is 12.4 Å². The molecule has 1 aromatic rings. The maximum Gasteiger partial charge on any atom is 0.287 e. The van der Waals surface area contributed by atoms with Crippen molar-refractivity contribution in [2.45, 2.75) is 30.7 Å². The fourth-order valence-corrected chi connectivity index (χ4v) is 2.56. The molecule has 5 N–H and O–H groups in total. The molecule has 1 aromatic heterocycles. The number of aryl methyl sites for hydroxylation is 1. The molecule has 1 aliphatic carbocycles. The summed E-state index contributed by atoms with van der Waals surface area (Å²) in [6.45, 7) is 1.78. The van der Waals surface area contributed by atoms with Gasteiger partial charge >= 0.3 is 0 Å². The summed E-state index contributed by atoms with van der Waals surface area (Å²) in [6.07, 6.45) is 2.18. The van der Waals surface area contributed by atoms with E-state index in [2.05, 4.69) is 5.32 Å². The topological polar surface area (TPSA) is 128 Å². The van der Waals surface area contributed by atoms with Crippen molar-refractivity contribution in [2.24, 2.45) is 16.8 Å². The maximum atomic E-state index is 11.8. The minimum absolute atomic E-state index is 0. The van der Waals surface area contributed by atoms with E-state index in [-0.39, 0.29) is 34.9 Å². The lowest BCUT2D eigenvalue weighted by Gasteiger charge is -2.10. The van der Waals surface area contributed by atoms with Gasteiger partial charge in [0.2, 0.25) is 10.0 Å². The average Bonchev–Trinajstić information content (AvgIpc) is 3.07. The molecule has 7 nitrogen and oxygen atoms in total. The van der Waals surface area contributed by atoms with Crippen LogP contribution in [0.1, 0.15) is 29.2 Å². The smallest absolute Gasteiger partial charge is 0.287 e. The predicted molar refractivity (Wildman–Crippen MR) is 75.1 cm³/mol. The van der Waals surface area contributed by atoms with Crippen LogP contribution in [-0.4, -0.2) is 26.9 Å². The second-order valence-electron chi connectivity index (χ2n) is 4.79. The van der Waals surface area contributed by atoms with Gasteiger partial charge in [0.25, 0.3) is 5.91 Å². The Morgan fingerprint density at radius 2 is 2.15 bits per heavy atom. The summed E-state index contributed by atoms with van der Waals surface area (Å²) in [5.74, 6) is -0.00335. The molecule has 1 atom stereocenters. The summed E-state index contributed by atoms with van der Waals surface area (Å²) in [6, 6.07) is 1.06. The molecular formula is C11H18ClN3O4S. The molecule has 0 aromatic carbocycles. The molecule has 0 bridgehead atoms. The number of hydrogen-bond donors (Lipinski definition) is 3. The van der Waals surface area contributed by atoms with Crippen molar-refractivity contribution in [2.75, 3.05) is 6.54 Å². The minimum atomic E-state index is -3.88. The minimum Gasteiger partial charge on any atom is -0.455 e. The van der Waals surface area contributed by atoms with Crippen LogP contribution in [0.25, 0.3) is 0 Å². The van der Waals surface area contributed by atoms with Crippen LogP contribution in [0.3, 0.4) is 0 Å². The van der Waals surface area contributed by atoms with Crippen molar-refractivity contribution in [1.82, 2.24) is 5.32 Å². The number of furan rings is 1. The third-order valence-corrected chi connectivity index (χ3v) is 4.15. The van der Waals surface area contributed by atoms with Crippen molar-refractivity contribution in [3.05, 3.63) is 17.6 Å². The van der Waals surface area contributed by atoms with Gasteiger partial charge < -0.3 is 15.5 Å². The zero-order chi connectivity index (χ0) is 14.2. The number of nitrogens with one attached hydrogen (secondary N) is 1. The highest BCUT2D eigenvalue weighted by Gasteiger charge is 2.29. The normalized spacial score (nSPS) is 16.4. The molecule has 1 unspecified atom stereocenters. The van der Waals surface area contributed by atoms with Gasteiger partial charge in [-0.1, -0.05) is 0 Å². The SMILES string of the molecule is Cc1oc(C(=O)NCC(N)C2CC2)cc1S(N)(=O)=O.Cl. The Morgan fingerprint density at radius 1 is 1.55 bits per heavy atom. The van der Waals surface area contributed by atoms with Crippen molar-refractivity contribution in [3.63, 3.8) is 0 Å². The van der Waals surface area contributed by atoms with Crippen LogP contribution in [-0.2, 0) is 10.0 Å². The average molecular weight is 324 g/mol. The number of rotatable bonds is 5. The van der Waals surface area contributed by atoms with E-state index in [4.69, 9.17) is 15.3 Å². The Bertz CT molecular complexity index is 595. The molecule has 0 saturated heterocycles. The second kappa shape index (κ2) is 6.13. The number of amides is 1. The molecule has 0 spiro atoms. The fraction of sp³-hybridized carbons (Fsp3) is 0.545. The van der Waals surface area contributed by atoms with Crippen LogP contribution in [0.15, 0.2) is 15.4 Å². The first-order valence-electron chi connectivity index (χ1n) is 5.96. The molecule has 0 radical (unpaired) electrons. The van der Waals surface area contributed by atoms with Gasteiger partial charge in [0.05, 0.1) is 0 Å². The van der Waals surface area contributed by atoms with Gasteiger partial charge in [-0.2, -0.15) is 0 Å². The number of carbonyl (C=O) groups excluding carboxylic acids is 1. The molecule has 1 heterocycles. The van der Waals surface area contributed by atoms with Crippen LogP contribution in [0.2, 0.25) is 0 Å². The lowest BCUT2D eigenvalue weighted by Crippen LogP contribution is -2.38. The second-order valence-corrected chi connectivity index (χ2v) is 6.32. The third-order valence-electron chi connectivity index (χ3n) is 3.13. The molecule has 2 rings (SSSR count). The van der Waals surface area contributed by atoms with E-state index in [1.54, 1.807) is 0 Å². The standard InChI is InChI=1S/C11H17N3O4S.ClH/c1-6-10(19(13,16)17)4-9(18-6)11(15)14-5-8(12)7-2-3-7;/h4,7-8H,2-3,5,12H2,1H3,(H,14,15)(H2,13,16,17);1H. The maximum absolute atomic E-state index is 11.8. The molecule has 114 valence electrons. The van der Waals surface area contributed by atoms with Gasteiger partial charge in [-0.25, -0.2) is 13.6 Å². The summed E-state index contributed by atoms with van der Waals surface area (Å²) < 4.78 is 27.5. The van der Waals surface area contributed by atoms with Crippen molar-refractivity contribution >= 4 is 28.3 Å². The third kappa shape index (κ3) is 3.95. The Labute approximate surface area is 123 Å². The summed E-state index contributed by atoms with van der Waals surface area (Å²) in [5.41, 5.74) is 5.85. The van der Waals surface area contributed by atoms with Crippen molar-refractivity contribution in [3.8, 4) is 0 Å². The number of halogens is 1. The Balaban J connectivity index is 0.00000200.